The molecular formula is C18H38N4O2. The molecule has 1 unspecified atom stereocenters. The molecule has 6 heteroatoms. The van der Waals surface area contributed by atoms with Crippen LogP contribution >= 0.6 is 0 Å². The van der Waals surface area contributed by atoms with Crippen LogP contribution < -0.4 is 10.6 Å². The standard InChI is InChI=1S/C18H38N4O2/c1-5-7-11-23-13-14-24-12-10-20-18(19-6-2)21-15-17(22(3)4)16-8-9-16/h16-17H,5-15H2,1-4H3,(H2,19,20,21). The lowest BCUT2D eigenvalue weighted by atomic mass is 10.2. The van der Waals surface area contributed by atoms with Crippen LogP contribution in [0.2, 0.25) is 0 Å². The molecule has 142 valence electrons. The third kappa shape index (κ3) is 10.1. The van der Waals surface area contributed by atoms with Gasteiger partial charge in [0, 0.05) is 25.7 Å². The van der Waals surface area contributed by atoms with Gasteiger partial charge in [0.05, 0.1) is 26.4 Å². The molecule has 0 amide bonds. The van der Waals surface area contributed by atoms with E-state index in [0.717, 1.165) is 44.5 Å². The zero-order valence-corrected chi connectivity index (χ0v) is 16.1. The largest absolute Gasteiger partial charge is 0.379 e. The lowest BCUT2D eigenvalue weighted by molar-refractivity contribution is 0.0487. The molecule has 1 aliphatic rings. The van der Waals surface area contributed by atoms with Gasteiger partial charge in [-0.25, -0.2) is 0 Å². The molecule has 0 aliphatic heterocycles. The van der Waals surface area contributed by atoms with Crippen LogP contribution in [0.1, 0.15) is 39.5 Å². The van der Waals surface area contributed by atoms with Crippen LogP contribution in [0.3, 0.4) is 0 Å². The van der Waals surface area contributed by atoms with Crippen molar-refractivity contribution >= 4 is 5.96 Å². The number of guanidine groups is 1. The SMILES string of the molecule is CCCCOCCOCCNC(=NCC(C1CC1)N(C)C)NCC. The summed E-state index contributed by atoms with van der Waals surface area (Å²) in [6, 6.07) is 0.553. The van der Waals surface area contributed by atoms with E-state index in [0.29, 0.717) is 25.9 Å². The lowest BCUT2D eigenvalue weighted by Gasteiger charge is -2.23. The summed E-state index contributed by atoms with van der Waals surface area (Å²) in [4.78, 5) is 7.03. The second-order valence-corrected chi connectivity index (χ2v) is 6.59. The van der Waals surface area contributed by atoms with E-state index in [4.69, 9.17) is 14.5 Å². The molecule has 1 atom stereocenters. The van der Waals surface area contributed by atoms with E-state index in [1.54, 1.807) is 0 Å². The summed E-state index contributed by atoms with van der Waals surface area (Å²) in [7, 11) is 4.30. The molecule has 0 aromatic carbocycles. The molecule has 1 saturated carbocycles. The third-order valence-corrected chi connectivity index (χ3v) is 4.16. The van der Waals surface area contributed by atoms with Gasteiger partial charge < -0.3 is 25.0 Å². The summed E-state index contributed by atoms with van der Waals surface area (Å²) >= 11 is 0. The van der Waals surface area contributed by atoms with E-state index in [1.807, 2.05) is 0 Å². The fourth-order valence-corrected chi connectivity index (χ4v) is 2.55. The summed E-state index contributed by atoms with van der Waals surface area (Å²) in [6.45, 7) is 9.57. The van der Waals surface area contributed by atoms with Crippen LogP contribution in [0, 0.1) is 5.92 Å². The smallest absolute Gasteiger partial charge is 0.191 e. The zero-order valence-electron chi connectivity index (χ0n) is 16.1. The maximum absolute atomic E-state index is 5.58. The Balaban J connectivity index is 2.14. The second-order valence-electron chi connectivity index (χ2n) is 6.59. The highest BCUT2D eigenvalue weighted by atomic mass is 16.5. The predicted octanol–water partition coefficient (Wildman–Crippen LogP) is 1.72. The summed E-state index contributed by atoms with van der Waals surface area (Å²) < 4.78 is 11.0. The normalized spacial score (nSPS) is 16.5. The van der Waals surface area contributed by atoms with Gasteiger partial charge in [-0.05, 0) is 46.2 Å². The minimum Gasteiger partial charge on any atom is -0.379 e. The van der Waals surface area contributed by atoms with E-state index in [2.05, 4.69) is 43.5 Å². The number of aliphatic imine (C=N–C) groups is 1. The number of hydrogen-bond acceptors (Lipinski definition) is 4. The highest BCUT2D eigenvalue weighted by molar-refractivity contribution is 5.79. The number of hydrogen-bond donors (Lipinski definition) is 2. The van der Waals surface area contributed by atoms with Gasteiger partial charge in [-0.15, -0.1) is 0 Å². The number of nitrogens with zero attached hydrogens (tertiary/aromatic N) is 2. The maximum Gasteiger partial charge on any atom is 0.191 e. The minimum atomic E-state index is 0.553. The predicted molar refractivity (Wildman–Crippen MR) is 101 cm³/mol. The van der Waals surface area contributed by atoms with E-state index in [9.17, 15) is 0 Å². The molecule has 6 nitrogen and oxygen atoms in total. The molecule has 0 spiro atoms. The van der Waals surface area contributed by atoms with Crippen molar-refractivity contribution in [3.63, 3.8) is 0 Å². The van der Waals surface area contributed by atoms with Gasteiger partial charge in [-0.2, -0.15) is 0 Å². The molecule has 2 N–H and O–H groups in total. The topological polar surface area (TPSA) is 58.1 Å². The van der Waals surface area contributed by atoms with Crippen LogP contribution in [0.4, 0.5) is 0 Å². The summed E-state index contributed by atoms with van der Waals surface area (Å²) in [5.41, 5.74) is 0. The van der Waals surface area contributed by atoms with Gasteiger partial charge >= 0.3 is 0 Å². The molecule has 1 aliphatic carbocycles. The summed E-state index contributed by atoms with van der Waals surface area (Å²) in [5, 5.41) is 6.64. The number of rotatable bonds is 14. The van der Waals surface area contributed by atoms with Crippen molar-refractivity contribution in [2.75, 3.05) is 60.2 Å². The molecule has 24 heavy (non-hydrogen) atoms. The number of unbranched alkanes of at least 4 members (excludes halogenated alkanes) is 1. The van der Waals surface area contributed by atoms with E-state index in [1.165, 1.54) is 19.3 Å². The van der Waals surface area contributed by atoms with Crippen LogP contribution in [-0.2, 0) is 9.47 Å². The van der Waals surface area contributed by atoms with E-state index >= 15 is 0 Å². The van der Waals surface area contributed by atoms with E-state index < -0.39 is 0 Å². The van der Waals surface area contributed by atoms with Crippen LogP contribution in [0.5, 0.6) is 0 Å². The third-order valence-electron chi connectivity index (χ3n) is 4.16. The van der Waals surface area contributed by atoms with Crippen molar-refractivity contribution < 1.29 is 9.47 Å². The van der Waals surface area contributed by atoms with Crippen LogP contribution in [0.15, 0.2) is 4.99 Å². The van der Waals surface area contributed by atoms with E-state index in [-0.39, 0.29) is 0 Å². The molecule has 0 bridgehead atoms. The first-order valence-corrected chi connectivity index (χ1v) is 9.53. The van der Waals surface area contributed by atoms with Crippen LogP contribution in [-0.4, -0.2) is 77.1 Å². The number of ether oxygens (including phenoxy) is 2. The highest BCUT2D eigenvalue weighted by Gasteiger charge is 2.32. The lowest BCUT2D eigenvalue weighted by Crippen LogP contribution is -2.41. The quantitative estimate of drug-likeness (QED) is 0.286. The van der Waals surface area contributed by atoms with Gasteiger partial charge in [-0.3, -0.25) is 4.99 Å². The van der Waals surface area contributed by atoms with Gasteiger partial charge in [0.1, 0.15) is 0 Å². The first kappa shape index (κ1) is 21.2. The molecule has 1 fully saturated rings. The van der Waals surface area contributed by atoms with Crippen molar-refractivity contribution in [3.05, 3.63) is 0 Å². The zero-order chi connectivity index (χ0) is 17.6. The Hall–Kier alpha value is -0.850. The Morgan fingerprint density at radius 1 is 1.08 bits per heavy atom. The monoisotopic (exact) mass is 342 g/mol. The Bertz CT molecular complexity index is 331. The second kappa shape index (κ2) is 13.4. The van der Waals surface area contributed by atoms with Gasteiger partial charge in [0.15, 0.2) is 5.96 Å². The average molecular weight is 343 g/mol. The van der Waals surface area contributed by atoms with Gasteiger partial charge in [0.25, 0.3) is 0 Å². The Morgan fingerprint density at radius 2 is 1.79 bits per heavy atom. The molecular weight excluding hydrogens is 304 g/mol. The minimum absolute atomic E-state index is 0.553. The van der Waals surface area contributed by atoms with Crippen molar-refractivity contribution in [2.24, 2.45) is 10.9 Å². The summed E-state index contributed by atoms with van der Waals surface area (Å²) in [5.74, 6) is 1.70. The van der Waals surface area contributed by atoms with Crippen molar-refractivity contribution in [1.29, 1.82) is 0 Å². The molecule has 0 aromatic rings. The van der Waals surface area contributed by atoms with Crippen molar-refractivity contribution in [1.82, 2.24) is 15.5 Å². The number of nitrogens with one attached hydrogen (secondary N) is 2. The highest BCUT2D eigenvalue weighted by Crippen LogP contribution is 2.34. The van der Waals surface area contributed by atoms with Crippen molar-refractivity contribution in [2.45, 2.75) is 45.6 Å². The molecule has 0 radical (unpaired) electrons. The Morgan fingerprint density at radius 3 is 2.38 bits per heavy atom. The molecule has 0 saturated heterocycles. The summed E-state index contributed by atoms with van der Waals surface area (Å²) in [6.07, 6.45) is 4.98. The fraction of sp³-hybridized carbons (Fsp3) is 0.944. The molecule has 0 heterocycles. The van der Waals surface area contributed by atoms with Crippen molar-refractivity contribution in [3.8, 4) is 0 Å². The first-order chi connectivity index (χ1) is 11.7. The Labute approximate surface area is 148 Å². The fourth-order valence-electron chi connectivity index (χ4n) is 2.55. The Kier molecular flexibility index (Phi) is 11.9. The number of likely N-dealkylation sites (N-methyl/N-ethyl adjacent to an activating group) is 1. The molecule has 1 rings (SSSR count). The van der Waals surface area contributed by atoms with Gasteiger partial charge in [0.2, 0.25) is 0 Å². The van der Waals surface area contributed by atoms with Crippen LogP contribution in [0.25, 0.3) is 0 Å². The van der Waals surface area contributed by atoms with Gasteiger partial charge in [-0.1, -0.05) is 13.3 Å². The first-order valence-electron chi connectivity index (χ1n) is 9.53. The maximum atomic E-state index is 5.58. The molecule has 0 aromatic heterocycles. The average Bonchev–Trinajstić information content (AvgIpc) is 3.38.